The molecule has 1 unspecified atom stereocenters. The Balaban J connectivity index is 2.02. The summed E-state index contributed by atoms with van der Waals surface area (Å²) in [7, 11) is 0. The molecule has 1 aliphatic heterocycles. The Morgan fingerprint density at radius 3 is 2.79 bits per heavy atom. The van der Waals surface area contributed by atoms with Crippen LogP contribution in [0.25, 0.3) is 0 Å². The van der Waals surface area contributed by atoms with Gasteiger partial charge in [-0.3, -0.25) is 9.98 Å². The van der Waals surface area contributed by atoms with Crippen molar-refractivity contribution in [1.29, 1.82) is 0 Å². The maximum absolute atomic E-state index is 13.9. The highest BCUT2D eigenvalue weighted by molar-refractivity contribution is 5.97. The molecule has 4 nitrogen and oxygen atoms in total. The zero-order chi connectivity index (χ0) is 13.2. The molecule has 5 heteroatoms. The van der Waals surface area contributed by atoms with Crippen molar-refractivity contribution in [3.63, 3.8) is 0 Å². The van der Waals surface area contributed by atoms with Crippen LogP contribution in [-0.4, -0.2) is 17.5 Å². The molecule has 1 atom stereocenters. The van der Waals surface area contributed by atoms with Crippen molar-refractivity contribution in [1.82, 2.24) is 4.98 Å². The molecule has 0 spiro atoms. The van der Waals surface area contributed by atoms with Crippen LogP contribution in [0, 0.1) is 5.82 Å². The smallest absolute Gasteiger partial charge is 0.196 e. The number of nitrogens with two attached hydrogens (primary N) is 1. The maximum atomic E-state index is 13.9. The number of aliphatic imine (C=N–C) groups is 1. The molecule has 0 bridgehead atoms. The van der Waals surface area contributed by atoms with Crippen molar-refractivity contribution in [3.05, 3.63) is 60.2 Å². The van der Waals surface area contributed by atoms with Crippen molar-refractivity contribution in [3.8, 4) is 0 Å². The summed E-state index contributed by atoms with van der Waals surface area (Å²) < 4.78 is 13.9. The highest BCUT2D eigenvalue weighted by atomic mass is 19.1. The van der Waals surface area contributed by atoms with Crippen LogP contribution in [-0.2, 0) is 0 Å². The third-order valence-electron chi connectivity index (χ3n) is 3.17. The molecule has 2 N–H and O–H groups in total. The van der Waals surface area contributed by atoms with E-state index in [4.69, 9.17) is 5.73 Å². The molecule has 96 valence electrons. The van der Waals surface area contributed by atoms with Crippen molar-refractivity contribution < 1.29 is 4.39 Å². The van der Waals surface area contributed by atoms with Crippen molar-refractivity contribution in [2.75, 3.05) is 11.4 Å². The second-order valence-electron chi connectivity index (χ2n) is 4.32. The van der Waals surface area contributed by atoms with Gasteiger partial charge in [-0.1, -0.05) is 18.2 Å². The van der Waals surface area contributed by atoms with Crippen LogP contribution >= 0.6 is 0 Å². The minimum Gasteiger partial charge on any atom is -0.369 e. The number of guanidine groups is 1. The molecular formula is C14H13FN4. The first-order chi connectivity index (χ1) is 9.27. The Kier molecular flexibility index (Phi) is 2.87. The molecule has 0 saturated heterocycles. The third kappa shape index (κ3) is 2.03. The SMILES string of the molecule is NC1=NCC(c2cccnc2)N1c1ccccc1F. The summed E-state index contributed by atoms with van der Waals surface area (Å²) >= 11 is 0. The standard InChI is InChI=1S/C14H13FN4/c15-11-5-1-2-6-12(11)19-13(9-18-14(19)16)10-4-3-7-17-8-10/h1-8,13H,9H2,(H2,16,18). The van der Waals surface area contributed by atoms with Crippen LogP contribution in [0.3, 0.4) is 0 Å². The van der Waals surface area contributed by atoms with Crippen molar-refractivity contribution in [2.24, 2.45) is 10.7 Å². The normalized spacial score (nSPS) is 18.5. The summed E-state index contributed by atoms with van der Waals surface area (Å²) in [6.07, 6.45) is 3.46. The second-order valence-corrected chi connectivity index (χ2v) is 4.32. The zero-order valence-corrected chi connectivity index (χ0v) is 10.2. The molecule has 0 radical (unpaired) electrons. The number of benzene rings is 1. The van der Waals surface area contributed by atoms with E-state index in [1.807, 2.05) is 12.1 Å². The molecule has 0 aliphatic carbocycles. The van der Waals surface area contributed by atoms with E-state index in [0.29, 0.717) is 18.2 Å². The molecule has 0 amide bonds. The van der Waals surface area contributed by atoms with E-state index in [1.165, 1.54) is 6.07 Å². The Morgan fingerprint density at radius 2 is 2.05 bits per heavy atom. The van der Waals surface area contributed by atoms with Gasteiger partial charge in [0.05, 0.1) is 18.3 Å². The molecule has 2 heterocycles. The van der Waals surface area contributed by atoms with Gasteiger partial charge in [0, 0.05) is 12.4 Å². The Hall–Kier alpha value is -2.43. The summed E-state index contributed by atoms with van der Waals surface area (Å²) in [5.41, 5.74) is 7.30. The lowest BCUT2D eigenvalue weighted by molar-refractivity contribution is 0.619. The predicted molar refractivity (Wildman–Crippen MR) is 72.3 cm³/mol. The molecule has 1 aromatic carbocycles. The summed E-state index contributed by atoms with van der Waals surface area (Å²) in [6.45, 7) is 0.506. The van der Waals surface area contributed by atoms with Gasteiger partial charge in [-0.2, -0.15) is 0 Å². The summed E-state index contributed by atoms with van der Waals surface area (Å²) in [5, 5.41) is 0. The van der Waals surface area contributed by atoms with E-state index in [9.17, 15) is 4.39 Å². The average molecular weight is 256 g/mol. The number of nitrogens with zero attached hydrogens (tertiary/aromatic N) is 3. The molecule has 1 aliphatic rings. The number of halogens is 1. The van der Waals surface area contributed by atoms with Crippen LogP contribution < -0.4 is 10.6 Å². The van der Waals surface area contributed by atoms with E-state index >= 15 is 0 Å². The Labute approximate surface area is 110 Å². The second kappa shape index (κ2) is 4.68. The number of anilines is 1. The number of hydrogen-bond donors (Lipinski definition) is 1. The summed E-state index contributed by atoms with van der Waals surface area (Å²) in [6, 6.07) is 10.2. The Bertz CT molecular complexity index is 612. The van der Waals surface area contributed by atoms with Crippen LogP contribution in [0.1, 0.15) is 11.6 Å². The Morgan fingerprint density at radius 1 is 1.21 bits per heavy atom. The molecule has 1 aromatic heterocycles. The molecular weight excluding hydrogens is 243 g/mol. The van der Waals surface area contributed by atoms with E-state index in [2.05, 4.69) is 9.98 Å². The minimum atomic E-state index is -0.309. The lowest BCUT2D eigenvalue weighted by Crippen LogP contribution is -2.36. The molecule has 0 saturated carbocycles. The van der Waals surface area contributed by atoms with Gasteiger partial charge in [0.15, 0.2) is 5.96 Å². The van der Waals surface area contributed by atoms with E-state index < -0.39 is 0 Å². The van der Waals surface area contributed by atoms with E-state index in [0.717, 1.165) is 5.56 Å². The summed E-state index contributed by atoms with van der Waals surface area (Å²) in [5.74, 6) is 0.0235. The van der Waals surface area contributed by atoms with Crippen molar-refractivity contribution >= 4 is 11.6 Å². The van der Waals surface area contributed by atoms with Crippen LogP contribution in [0.2, 0.25) is 0 Å². The number of hydrogen-bond acceptors (Lipinski definition) is 4. The van der Waals surface area contributed by atoms with Gasteiger partial charge < -0.3 is 10.6 Å². The number of para-hydroxylation sites is 1. The first kappa shape index (κ1) is 11.6. The number of aromatic nitrogens is 1. The summed E-state index contributed by atoms with van der Waals surface area (Å²) in [4.78, 5) is 10.0. The zero-order valence-electron chi connectivity index (χ0n) is 10.2. The minimum absolute atomic E-state index is 0.106. The maximum Gasteiger partial charge on any atom is 0.196 e. The van der Waals surface area contributed by atoms with E-state index in [-0.39, 0.29) is 11.9 Å². The van der Waals surface area contributed by atoms with Gasteiger partial charge >= 0.3 is 0 Å². The highest BCUT2D eigenvalue weighted by Crippen LogP contribution is 2.32. The van der Waals surface area contributed by atoms with Crippen LogP contribution in [0.15, 0.2) is 53.8 Å². The first-order valence-electron chi connectivity index (χ1n) is 6.01. The molecule has 19 heavy (non-hydrogen) atoms. The van der Waals surface area contributed by atoms with Gasteiger partial charge in [-0.15, -0.1) is 0 Å². The van der Waals surface area contributed by atoms with E-state index in [1.54, 1.807) is 35.5 Å². The monoisotopic (exact) mass is 256 g/mol. The van der Waals surface area contributed by atoms with Gasteiger partial charge in [0.2, 0.25) is 0 Å². The molecule has 2 aromatic rings. The third-order valence-corrected chi connectivity index (χ3v) is 3.17. The topological polar surface area (TPSA) is 54.5 Å². The first-order valence-corrected chi connectivity index (χ1v) is 6.01. The molecule has 3 rings (SSSR count). The van der Waals surface area contributed by atoms with Crippen LogP contribution in [0.5, 0.6) is 0 Å². The largest absolute Gasteiger partial charge is 0.369 e. The van der Waals surface area contributed by atoms with Gasteiger partial charge in [0.1, 0.15) is 5.82 Å². The fourth-order valence-electron chi connectivity index (χ4n) is 2.26. The fourth-order valence-corrected chi connectivity index (χ4v) is 2.26. The van der Waals surface area contributed by atoms with Gasteiger partial charge in [-0.05, 0) is 23.8 Å². The quantitative estimate of drug-likeness (QED) is 0.895. The van der Waals surface area contributed by atoms with Gasteiger partial charge in [0.25, 0.3) is 0 Å². The predicted octanol–water partition coefficient (Wildman–Crippen LogP) is 2.10. The lowest BCUT2D eigenvalue weighted by Gasteiger charge is -2.26. The average Bonchev–Trinajstić information content (AvgIpc) is 2.82. The fraction of sp³-hybridized carbons (Fsp3) is 0.143. The highest BCUT2D eigenvalue weighted by Gasteiger charge is 2.30. The number of rotatable bonds is 2. The van der Waals surface area contributed by atoms with Crippen LogP contribution in [0.4, 0.5) is 10.1 Å². The van der Waals surface area contributed by atoms with Crippen molar-refractivity contribution in [2.45, 2.75) is 6.04 Å². The lowest BCUT2D eigenvalue weighted by atomic mass is 10.1. The van der Waals surface area contributed by atoms with Gasteiger partial charge in [-0.25, -0.2) is 4.39 Å². The number of pyridine rings is 1. The molecule has 0 fully saturated rings.